The average molecular weight is 493 g/mol. The van der Waals surface area contributed by atoms with Crippen LogP contribution < -0.4 is 15.8 Å². The number of rotatable bonds is 7. The second-order valence-electron chi connectivity index (χ2n) is 6.75. The van der Waals surface area contributed by atoms with Gasteiger partial charge in [-0.3, -0.25) is 30.6 Å². The van der Waals surface area contributed by atoms with Gasteiger partial charge in [-0.05, 0) is 44.0 Å². The van der Waals surface area contributed by atoms with E-state index in [9.17, 15) is 19.7 Å². The van der Waals surface area contributed by atoms with Gasteiger partial charge in [0.15, 0.2) is 0 Å². The van der Waals surface area contributed by atoms with E-state index in [1.54, 1.807) is 36.1 Å². The van der Waals surface area contributed by atoms with Crippen LogP contribution in [0.5, 0.6) is 0 Å². The number of benzene rings is 1. The number of esters is 1. The minimum absolute atomic E-state index is 0.127. The van der Waals surface area contributed by atoms with Gasteiger partial charge in [0.2, 0.25) is 11.6 Å². The Hall–Kier alpha value is -3.28. The fourth-order valence-electron chi connectivity index (χ4n) is 3.24. The van der Waals surface area contributed by atoms with Crippen LogP contribution in [0.1, 0.15) is 30.1 Å². The van der Waals surface area contributed by atoms with Gasteiger partial charge in [0.1, 0.15) is 6.33 Å². The quantitative estimate of drug-likeness (QED) is 0.339. The minimum Gasteiger partial charge on any atom is -0.466 e. The summed E-state index contributed by atoms with van der Waals surface area (Å²) in [6, 6.07) is 6.63. The monoisotopic (exact) mass is 492 g/mol. The number of nitrogens with one attached hydrogen (secondary N) is 2. The molecule has 1 amide bonds. The normalized spacial score (nSPS) is 14.1. The van der Waals surface area contributed by atoms with Crippen molar-refractivity contribution < 1.29 is 19.2 Å². The highest BCUT2D eigenvalue weighted by Crippen LogP contribution is 2.34. The highest BCUT2D eigenvalue weighted by Gasteiger charge is 2.32. The van der Waals surface area contributed by atoms with E-state index in [2.05, 4.69) is 36.7 Å². The van der Waals surface area contributed by atoms with E-state index in [0.717, 1.165) is 4.47 Å². The summed E-state index contributed by atoms with van der Waals surface area (Å²) in [7, 11) is 0. The van der Waals surface area contributed by atoms with Crippen molar-refractivity contribution in [1.82, 2.24) is 15.4 Å². The number of nitro groups is 1. The van der Waals surface area contributed by atoms with Crippen LogP contribution in [0.25, 0.3) is 0 Å². The van der Waals surface area contributed by atoms with Crippen molar-refractivity contribution in [2.75, 3.05) is 30.0 Å². The van der Waals surface area contributed by atoms with Crippen molar-refractivity contribution in [1.29, 1.82) is 0 Å². The fraction of sp³-hybridized carbons (Fsp3) is 0.368. The van der Waals surface area contributed by atoms with Crippen molar-refractivity contribution >= 4 is 45.1 Å². The number of hydrazine groups is 1. The molecule has 0 radical (unpaired) electrons. The predicted molar refractivity (Wildman–Crippen MR) is 115 cm³/mol. The van der Waals surface area contributed by atoms with Crippen LogP contribution in [0.3, 0.4) is 0 Å². The average Bonchev–Trinajstić information content (AvgIpc) is 2.77. The summed E-state index contributed by atoms with van der Waals surface area (Å²) in [5, 5.41) is 11.8. The molecule has 1 fully saturated rings. The summed E-state index contributed by atoms with van der Waals surface area (Å²) >= 11 is 3.29. The number of ether oxygens (including phenoxy) is 1. The number of halogens is 1. The number of amides is 1. The van der Waals surface area contributed by atoms with Crippen molar-refractivity contribution in [3.63, 3.8) is 0 Å². The Morgan fingerprint density at radius 2 is 1.94 bits per heavy atom. The third kappa shape index (κ3) is 5.45. The van der Waals surface area contributed by atoms with Gasteiger partial charge in [-0.2, -0.15) is 0 Å². The summed E-state index contributed by atoms with van der Waals surface area (Å²) in [6.07, 6.45) is 2.19. The molecule has 2 aromatic rings. The van der Waals surface area contributed by atoms with Crippen LogP contribution >= 0.6 is 15.9 Å². The second kappa shape index (κ2) is 10.2. The Bertz CT molecular complexity index is 963. The molecule has 12 heteroatoms. The molecule has 0 saturated carbocycles. The van der Waals surface area contributed by atoms with Crippen molar-refractivity contribution in [2.45, 2.75) is 19.8 Å². The third-order valence-electron chi connectivity index (χ3n) is 4.80. The highest BCUT2D eigenvalue weighted by atomic mass is 79.9. The predicted octanol–water partition coefficient (Wildman–Crippen LogP) is 2.68. The van der Waals surface area contributed by atoms with E-state index >= 15 is 0 Å². The molecule has 1 aromatic carbocycles. The molecule has 31 heavy (non-hydrogen) atoms. The molecule has 2 heterocycles. The number of aromatic nitrogens is 2. The van der Waals surface area contributed by atoms with E-state index in [1.165, 1.54) is 6.33 Å². The lowest BCUT2D eigenvalue weighted by molar-refractivity contribution is -0.383. The van der Waals surface area contributed by atoms with Gasteiger partial charge in [-0.25, -0.2) is 9.97 Å². The molecule has 11 nitrogen and oxygen atoms in total. The largest absolute Gasteiger partial charge is 0.466 e. The molecule has 1 saturated heterocycles. The Morgan fingerprint density at radius 1 is 1.26 bits per heavy atom. The molecule has 3 rings (SSSR count). The van der Waals surface area contributed by atoms with Crippen LogP contribution in [0, 0.1) is 16.0 Å². The Morgan fingerprint density at radius 3 is 2.55 bits per heavy atom. The lowest BCUT2D eigenvalue weighted by Gasteiger charge is -2.31. The molecular weight excluding hydrogens is 472 g/mol. The highest BCUT2D eigenvalue weighted by molar-refractivity contribution is 9.10. The first-order valence-electron chi connectivity index (χ1n) is 9.63. The van der Waals surface area contributed by atoms with Crippen LogP contribution in [0.2, 0.25) is 0 Å². The summed E-state index contributed by atoms with van der Waals surface area (Å²) in [5.74, 6) is -0.967. The lowest BCUT2D eigenvalue weighted by atomic mass is 9.97. The first-order valence-corrected chi connectivity index (χ1v) is 10.4. The van der Waals surface area contributed by atoms with Crippen molar-refractivity contribution in [3.05, 3.63) is 50.7 Å². The number of carbonyl (C=O) groups excluding carboxylic acids is 2. The minimum atomic E-state index is -0.596. The summed E-state index contributed by atoms with van der Waals surface area (Å²) < 4.78 is 5.88. The van der Waals surface area contributed by atoms with Gasteiger partial charge in [0, 0.05) is 23.1 Å². The smallest absolute Gasteiger partial charge is 0.355 e. The van der Waals surface area contributed by atoms with Crippen LogP contribution in [-0.4, -0.2) is 46.5 Å². The number of piperidine rings is 1. The molecule has 1 aliphatic heterocycles. The molecule has 0 atom stereocenters. The maximum absolute atomic E-state index is 12.3. The SMILES string of the molecule is CCOC(=O)C1CCN(c2ncnc(NNC(=O)c3ccc(Br)cc3)c2[N+](=O)[O-])CC1. The Balaban J connectivity index is 1.72. The van der Waals surface area contributed by atoms with E-state index in [-0.39, 0.29) is 29.2 Å². The van der Waals surface area contributed by atoms with E-state index in [1.807, 2.05) is 0 Å². The number of nitrogens with zero attached hydrogens (tertiary/aromatic N) is 4. The van der Waals surface area contributed by atoms with Crippen molar-refractivity contribution in [2.24, 2.45) is 5.92 Å². The third-order valence-corrected chi connectivity index (χ3v) is 5.33. The summed E-state index contributed by atoms with van der Waals surface area (Å²) in [4.78, 5) is 45.1. The van der Waals surface area contributed by atoms with Crippen LogP contribution in [-0.2, 0) is 9.53 Å². The molecular formula is C19H21BrN6O5. The second-order valence-corrected chi connectivity index (χ2v) is 7.67. The number of hydrogen-bond acceptors (Lipinski definition) is 9. The molecule has 164 valence electrons. The van der Waals surface area contributed by atoms with Gasteiger partial charge in [0.05, 0.1) is 17.4 Å². The molecule has 0 bridgehead atoms. The van der Waals surface area contributed by atoms with E-state index in [0.29, 0.717) is 38.1 Å². The zero-order valence-corrected chi connectivity index (χ0v) is 18.3. The van der Waals surface area contributed by atoms with Gasteiger partial charge in [-0.1, -0.05) is 15.9 Å². The fourth-order valence-corrected chi connectivity index (χ4v) is 3.50. The maximum atomic E-state index is 12.3. The molecule has 0 spiro atoms. The Labute approximate surface area is 186 Å². The molecule has 0 unspecified atom stereocenters. The molecule has 2 N–H and O–H groups in total. The zero-order chi connectivity index (χ0) is 22.4. The Kier molecular flexibility index (Phi) is 7.34. The topological polar surface area (TPSA) is 140 Å². The first kappa shape index (κ1) is 22.4. The van der Waals surface area contributed by atoms with Gasteiger partial charge in [-0.15, -0.1) is 0 Å². The van der Waals surface area contributed by atoms with Gasteiger partial charge < -0.3 is 9.64 Å². The summed E-state index contributed by atoms with van der Waals surface area (Å²) in [6.45, 7) is 2.89. The van der Waals surface area contributed by atoms with E-state index in [4.69, 9.17) is 4.74 Å². The molecule has 0 aliphatic carbocycles. The molecule has 1 aromatic heterocycles. The van der Waals surface area contributed by atoms with Crippen LogP contribution in [0.4, 0.5) is 17.3 Å². The zero-order valence-electron chi connectivity index (χ0n) is 16.7. The number of hydrogen-bond donors (Lipinski definition) is 2. The molecule has 1 aliphatic rings. The van der Waals surface area contributed by atoms with Gasteiger partial charge >= 0.3 is 11.7 Å². The first-order chi connectivity index (χ1) is 14.9. The lowest BCUT2D eigenvalue weighted by Crippen LogP contribution is -2.38. The van der Waals surface area contributed by atoms with Crippen LogP contribution in [0.15, 0.2) is 35.1 Å². The summed E-state index contributed by atoms with van der Waals surface area (Å²) in [5.41, 5.74) is 4.96. The maximum Gasteiger partial charge on any atom is 0.355 e. The number of carbonyl (C=O) groups is 2. The van der Waals surface area contributed by atoms with Gasteiger partial charge in [0.25, 0.3) is 5.91 Å². The standard InChI is InChI=1S/C19H21BrN6O5/c1-2-31-19(28)13-7-9-25(10-8-13)17-15(26(29)30)16(21-11-22-17)23-24-18(27)12-3-5-14(20)6-4-12/h3-6,11,13H,2,7-10H2,1H3,(H,24,27)(H,21,22,23). The number of anilines is 2. The van der Waals surface area contributed by atoms with Crippen molar-refractivity contribution in [3.8, 4) is 0 Å². The van der Waals surface area contributed by atoms with E-state index < -0.39 is 10.8 Å².